The van der Waals surface area contributed by atoms with Crippen molar-refractivity contribution in [1.29, 1.82) is 0 Å². The van der Waals surface area contributed by atoms with Crippen LogP contribution in [0.3, 0.4) is 0 Å². The van der Waals surface area contributed by atoms with Gasteiger partial charge >= 0.3 is 0 Å². The van der Waals surface area contributed by atoms with Crippen LogP contribution in [0.1, 0.15) is 72.6 Å². The van der Waals surface area contributed by atoms with Gasteiger partial charge < -0.3 is 0 Å². The van der Waals surface area contributed by atoms with E-state index in [9.17, 15) is 4.79 Å². The highest BCUT2D eigenvalue weighted by Crippen LogP contribution is 2.25. The Hall–Kier alpha value is -1.11. The van der Waals surface area contributed by atoms with Crippen LogP contribution in [0.15, 0.2) is 35.5 Å². The predicted octanol–water partition coefficient (Wildman–Crippen LogP) is 6.02. The zero-order valence-electron chi connectivity index (χ0n) is 14.4. The fourth-order valence-electron chi connectivity index (χ4n) is 2.86. The lowest BCUT2D eigenvalue weighted by Gasteiger charge is -2.19. The van der Waals surface area contributed by atoms with Gasteiger partial charge in [0.25, 0.3) is 0 Å². The molecule has 0 aromatic rings. The van der Waals surface area contributed by atoms with E-state index in [-0.39, 0.29) is 5.92 Å². The highest BCUT2D eigenvalue weighted by atomic mass is 16.1. The molecule has 2 atom stereocenters. The normalized spacial score (nSPS) is 31.5. The van der Waals surface area contributed by atoms with E-state index in [2.05, 4.69) is 46.4 Å². The molecule has 0 saturated carbocycles. The van der Waals surface area contributed by atoms with Crippen molar-refractivity contribution in [3.05, 3.63) is 35.5 Å². The molecule has 0 aromatic heterocycles. The lowest BCUT2D eigenvalue weighted by Crippen LogP contribution is -2.16. The van der Waals surface area contributed by atoms with Crippen LogP contribution < -0.4 is 0 Å². The Morgan fingerprint density at radius 1 is 1.10 bits per heavy atom. The van der Waals surface area contributed by atoms with Crippen LogP contribution in [-0.2, 0) is 4.79 Å². The third-order valence-corrected chi connectivity index (χ3v) is 4.71. The minimum Gasteiger partial charge on any atom is -0.299 e. The van der Waals surface area contributed by atoms with Crippen molar-refractivity contribution in [3.8, 4) is 0 Å². The van der Waals surface area contributed by atoms with Gasteiger partial charge in [0, 0.05) is 12.3 Å². The summed E-state index contributed by atoms with van der Waals surface area (Å²) in [4.78, 5) is 12.4. The van der Waals surface area contributed by atoms with Gasteiger partial charge in [0.05, 0.1) is 0 Å². The average molecular weight is 288 g/mol. The molecule has 1 aliphatic carbocycles. The zero-order chi connectivity index (χ0) is 15.8. The highest BCUT2D eigenvalue weighted by Gasteiger charge is 2.19. The topological polar surface area (TPSA) is 17.1 Å². The summed E-state index contributed by atoms with van der Waals surface area (Å²) in [5.74, 6) is 0.937. The van der Waals surface area contributed by atoms with Crippen LogP contribution in [0.2, 0.25) is 0 Å². The summed E-state index contributed by atoms with van der Waals surface area (Å²) in [7, 11) is 0. The summed E-state index contributed by atoms with van der Waals surface area (Å²) >= 11 is 0. The van der Waals surface area contributed by atoms with Crippen LogP contribution in [-0.4, -0.2) is 5.78 Å². The van der Waals surface area contributed by atoms with E-state index < -0.39 is 0 Å². The van der Waals surface area contributed by atoms with Gasteiger partial charge in [-0.15, -0.1) is 0 Å². The number of hydrogen-bond donors (Lipinski definition) is 0. The molecule has 0 unspecified atom stereocenters. The van der Waals surface area contributed by atoms with Gasteiger partial charge in [0.15, 0.2) is 0 Å². The Kier molecular flexibility index (Phi) is 7.71. The molecular formula is C20H32O. The number of hydrogen-bond acceptors (Lipinski definition) is 1. The zero-order valence-corrected chi connectivity index (χ0v) is 14.4. The van der Waals surface area contributed by atoms with Crippen LogP contribution in [0.25, 0.3) is 0 Å². The predicted molar refractivity (Wildman–Crippen MR) is 92.3 cm³/mol. The van der Waals surface area contributed by atoms with Gasteiger partial charge in [0.1, 0.15) is 5.78 Å². The number of carbonyl (C=O) groups excluding carboxylic acids is 1. The minimum absolute atomic E-state index is 0.176. The average Bonchev–Trinajstić information content (AvgIpc) is 2.41. The van der Waals surface area contributed by atoms with Gasteiger partial charge in [-0.2, -0.15) is 0 Å². The number of rotatable bonds is 1. The summed E-state index contributed by atoms with van der Waals surface area (Å²) in [6.45, 7) is 12.7. The molecule has 118 valence electrons. The summed E-state index contributed by atoms with van der Waals surface area (Å²) < 4.78 is 0. The summed E-state index contributed by atoms with van der Waals surface area (Å²) in [6.07, 6.45) is 11.8. The molecular weight excluding hydrogens is 256 g/mol. The fraction of sp³-hybridized carbons (Fsp3) is 0.650. The quantitative estimate of drug-likeness (QED) is 0.539. The van der Waals surface area contributed by atoms with E-state index in [0.29, 0.717) is 18.1 Å². The molecule has 0 fully saturated rings. The smallest absolute Gasteiger partial charge is 0.136 e. The molecule has 0 spiro atoms. The molecule has 1 nitrogen and oxygen atoms in total. The van der Waals surface area contributed by atoms with E-state index in [1.54, 1.807) is 0 Å². The third kappa shape index (κ3) is 6.93. The molecule has 1 aliphatic rings. The monoisotopic (exact) mass is 288 g/mol. The second-order valence-electron chi connectivity index (χ2n) is 6.87. The standard InChI is InChI=1S/C20H32O/c1-15(2)19-13-12-17(4)9-6-8-16(3)10-7-11-18(5)20(21)14-19/h9-10,18-19H,1,6-8,11-14H2,2-5H3/b16-10+,17-9+/t18-,19-/m1/s1. The molecule has 0 bridgehead atoms. The number of allylic oxidation sites excluding steroid dienone is 5. The van der Waals surface area contributed by atoms with Crippen molar-refractivity contribution in [1.82, 2.24) is 0 Å². The molecule has 0 N–H and O–H groups in total. The number of Topliss-reactive ketones (excluding diaryl/α,β-unsaturated/α-hetero) is 1. The molecule has 0 saturated heterocycles. The van der Waals surface area contributed by atoms with Crippen LogP contribution in [0, 0.1) is 11.8 Å². The van der Waals surface area contributed by atoms with Crippen molar-refractivity contribution < 1.29 is 4.79 Å². The van der Waals surface area contributed by atoms with E-state index in [1.807, 2.05) is 0 Å². The van der Waals surface area contributed by atoms with Gasteiger partial charge in [-0.05, 0) is 65.2 Å². The molecule has 0 radical (unpaired) electrons. The maximum Gasteiger partial charge on any atom is 0.136 e. The maximum absolute atomic E-state index is 12.4. The van der Waals surface area contributed by atoms with E-state index in [0.717, 1.165) is 44.1 Å². The van der Waals surface area contributed by atoms with Crippen molar-refractivity contribution in [2.75, 3.05) is 0 Å². The Morgan fingerprint density at radius 2 is 1.71 bits per heavy atom. The first kappa shape index (κ1) is 17.9. The first-order chi connectivity index (χ1) is 9.90. The summed E-state index contributed by atoms with van der Waals surface area (Å²) in [5, 5.41) is 0. The molecule has 1 heteroatoms. The highest BCUT2D eigenvalue weighted by molar-refractivity contribution is 5.81. The second kappa shape index (κ2) is 9.02. The Labute approximate surface area is 131 Å². The van der Waals surface area contributed by atoms with Crippen molar-refractivity contribution in [2.24, 2.45) is 11.8 Å². The molecule has 21 heavy (non-hydrogen) atoms. The molecule has 0 aromatic carbocycles. The lowest BCUT2D eigenvalue weighted by molar-refractivity contribution is -0.123. The number of ketones is 1. The van der Waals surface area contributed by atoms with Gasteiger partial charge in [-0.25, -0.2) is 0 Å². The minimum atomic E-state index is 0.176. The molecule has 0 aliphatic heterocycles. The van der Waals surface area contributed by atoms with E-state index in [1.165, 1.54) is 11.1 Å². The van der Waals surface area contributed by atoms with Gasteiger partial charge in [-0.3, -0.25) is 4.79 Å². The van der Waals surface area contributed by atoms with Crippen molar-refractivity contribution in [2.45, 2.75) is 72.6 Å². The van der Waals surface area contributed by atoms with E-state index in [4.69, 9.17) is 0 Å². The van der Waals surface area contributed by atoms with Crippen LogP contribution in [0.5, 0.6) is 0 Å². The maximum atomic E-state index is 12.4. The van der Waals surface area contributed by atoms with Crippen LogP contribution >= 0.6 is 0 Å². The first-order valence-electron chi connectivity index (χ1n) is 8.39. The molecule has 0 heterocycles. The van der Waals surface area contributed by atoms with E-state index >= 15 is 0 Å². The van der Waals surface area contributed by atoms with Gasteiger partial charge in [0.2, 0.25) is 0 Å². The summed E-state index contributed by atoms with van der Waals surface area (Å²) in [5.41, 5.74) is 4.06. The fourth-order valence-corrected chi connectivity index (χ4v) is 2.86. The first-order valence-corrected chi connectivity index (χ1v) is 8.39. The largest absolute Gasteiger partial charge is 0.299 e. The third-order valence-electron chi connectivity index (χ3n) is 4.71. The van der Waals surface area contributed by atoms with Gasteiger partial charge in [-0.1, -0.05) is 42.4 Å². The van der Waals surface area contributed by atoms with Crippen molar-refractivity contribution >= 4 is 5.78 Å². The SMILES string of the molecule is C=C(C)[C@@H]1CC/C(C)=C/CC/C(C)=C/CC[C@@H](C)C(=O)C1. The Balaban J connectivity index is 2.80. The molecule has 0 amide bonds. The molecule has 1 rings (SSSR count). The van der Waals surface area contributed by atoms with Crippen LogP contribution in [0.4, 0.5) is 0 Å². The summed E-state index contributed by atoms with van der Waals surface area (Å²) in [6, 6.07) is 0. The second-order valence-corrected chi connectivity index (χ2v) is 6.87. The number of carbonyl (C=O) groups is 1. The van der Waals surface area contributed by atoms with Crippen molar-refractivity contribution in [3.63, 3.8) is 0 Å². The Bertz CT molecular complexity index is 425. The lowest BCUT2D eigenvalue weighted by atomic mass is 9.85. The Morgan fingerprint density at radius 3 is 2.38 bits per heavy atom.